The number of hydrogen-bond donors (Lipinski definition) is 2. The zero-order valence-electron chi connectivity index (χ0n) is 32.2. The number of fused-ring (bicyclic) bond motifs is 2. The molecule has 2 heterocycles. The van der Waals surface area contributed by atoms with Crippen molar-refractivity contribution in [1.82, 2.24) is 19.8 Å². The number of Topliss-reactive ketones (excluding diaryl/α,β-unsaturated/α-hetero) is 3. The number of allylic oxidation sites excluding steroid dienone is 1. The van der Waals surface area contributed by atoms with Crippen LogP contribution in [0.3, 0.4) is 0 Å². The Morgan fingerprint density at radius 2 is 1.65 bits per heavy atom. The van der Waals surface area contributed by atoms with Crippen molar-refractivity contribution in [3.05, 3.63) is 42.5 Å². The Hall–Kier alpha value is -3.38. The average Bonchev–Trinajstić information content (AvgIpc) is 3.87. The van der Waals surface area contributed by atoms with Gasteiger partial charge in [-0.05, 0) is 58.5 Å². The van der Waals surface area contributed by atoms with Gasteiger partial charge in [0.05, 0.1) is 10.9 Å². The van der Waals surface area contributed by atoms with Gasteiger partial charge in [-0.25, -0.2) is 13.2 Å². The third-order valence-electron chi connectivity index (χ3n) is 11.9. The number of nitrogens with one attached hydrogen (secondary N) is 2. The number of carbonyl (C=O) groups excluding carboxylic acids is 5. The first-order valence-corrected chi connectivity index (χ1v) is 20.2. The first kappa shape index (κ1) is 39.8. The van der Waals surface area contributed by atoms with Crippen molar-refractivity contribution in [3.63, 3.8) is 0 Å². The standard InChI is InChI=1S/C40H58N4O7S/c1-10-11-15-28(45)34(47)26(19-24-17-18-24)20-29(46)33-32-27(40(32,8)9)22-44(33)36(48)35(39(5,6)7)42-37(49)41-31(38(2,3)4)23-43-21-25-14-12-13-16-30(25)52(43,50)51/h10,12-14,16,24,26-27,31-33,35H,1,11,15,17-23H2,2-9H3,(H2,41,42,49)/t26?,27-,31+,32-,33+,35+/m0/s1. The Bertz CT molecular complexity index is 1720. The lowest BCUT2D eigenvalue weighted by Crippen LogP contribution is -2.61. The van der Waals surface area contributed by atoms with Gasteiger partial charge in [0.15, 0.2) is 11.6 Å². The maximum Gasteiger partial charge on any atom is 0.315 e. The van der Waals surface area contributed by atoms with Crippen LogP contribution in [0.4, 0.5) is 4.79 Å². The number of likely N-dealkylation sites (tertiary alicyclic amines) is 1. The van der Waals surface area contributed by atoms with E-state index in [0.29, 0.717) is 30.9 Å². The SMILES string of the molecule is C=CCCC(=O)C(=O)C(CC(=O)[C@@H]1[C@@H]2[C@H](CN1C(=O)[C@@H](NC(=O)N[C@H](CN1Cc3ccccc3S1(=O)=O)C(C)(C)C)C(C)(C)C)C2(C)C)CC1CC1. The lowest BCUT2D eigenvalue weighted by Gasteiger charge is -2.39. The van der Waals surface area contributed by atoms with Gasteiger partial charge < -0.3 is 15.5 Å². The highest BCUT2D eigenvalue weighted by Crippen LogP contribution is 2.65. The van der Waals surface area contributed by atoms with Crippen LogP contribution >= 0.6 is 0 Å². The van der Waals surface area contributed by atoms with Crippen LogP contribution in [0.5, 0.6) is 0 Å². The van der Waals surface area contributed by atoms with E-state index in [1.54, 1.807) is 35.2 Å². The van der Waals surface area contributed by atoms with Gasteiger partial charge in [0.1, 0.15) is 6.04 Å². The number of nitrogens with zero attached hydrogens (tertiary/aromatic N) is 2. The summed E-state index contributed by atoms with van der Waals surface area (Å²) < 4.78 is 28.1. The normalized spacial score (nSPS) is 24.9. The van der Waals surface area contributed by atoms with E-state index in [4.69, 9.17) is 0 Å². The molecule has 1 aromatic carbocycles. The molecule has 0 aromatic heterocycles. The number of carbonyl (C=O) groups is 5. The van der Waals surface area contributed by atoms with Crippen molar-refractivity contribution < 1.29 is 32.4 Å². The lowest BCUT2D eigenvalue weighted by molar-refractivity contribution is -0.144. The molecule has 0 bridgehead atoms. The number of amides is 3. The molecule has 4 aliphatic rings. The van der Waals surface area contributed by atoms with E-state index in [-0.39, 0.29) is 59.8 Å². The third kappa shape index (κ3) is 8.22. The second-order valence-electron chi connectivity index (χ2n) is 18.3. The molecule has 3 amide bonds. The maximum atomic E-state index is 14.5. The predicted octanol–water partition coefficient (Wildman–Crippen LogP) is 5.28. The second-order valence-corrected chi connectivity index (χ2v) is 20.2. The van der Waals surface area contributed by atoms with E-state index >= 15 is 0 Å². The summed E-state index contributed by atoms with van der Waals surface area (Å²) in [6.45, 7) is 19.7. The van der Waals surface area contributed by atoms with E-state index < -0.39 is 62.5 Å². The number of urea groups is 1. The van der Waals surface area contributed by atoms with E-state index in [1.165, 1.54) is 4.31 Å². The van der Waals surface area contributed by atoms with Crippen LogP contribution in [0.25, 0.3) is 0 Å². The van der Waals surface area contributed by atoms with Gasteiger partial charge in [-0.1, -0.05) is 92.5 Å². The summed E-state index contributed by atoms with van der Waals surface area (Å²) in [6, 6.07) is 3.90. The van der Waals surface area contributed by atoms with Crippen molar-refractivity contribution in [2.45, 2.75) is 123 Å². The van der Waals surface area contributed by atoms with Crippen LogP contribution in [-0.4, -0.2) is 78.1 Å². The zero-order valence-corrected chi connectivity index (χ0v) is 33.0. The Kier molecular flexibility index (Phi) is 11.1. The predicted molar refractivity (Wildman–Crippen MR) is 198 cm³/mol. The smallest absolute Gasteiger partial charge is 0.315 e. The fourth-order valence-electron chi connectivity index (χ4n) is 8.22. The molecule has 286 valence electrons. The van der Waals surface area contributed by atoms with Crippen molar-refractivity contribution >= 4 is 39.3 Å². The monoisotopic (exact) mass is 738 g/mol. The van der Waals surface area contributed by atoms with Crippen LogP contribution in [-0.2, 0) is 35.7 Å². The zero-order chi connectivity index (χ0) is 38.6. The summed E-state index contributed by atoms with van der Waals surface area (Å²) in [5.74, 6) is -1.93. The van der Waals surface area contributed by atoms with Gasteiger partial charge in [-0.2, -0.15) is 4.31 Å². The summed E-state index contributed by atoms with van der Waals surface area (Å²) in [6.07, 6.45) is 4.43. The number of rotatable bonds is 15. The van der Waals surface area contributed by atoms with Gasteiger partial charge in [0.25, 0.3) is 0 Å². The molecule has 0 radical (unpaired) electrons. The fraction of sp³-hybridized carbons (Fsp3) is 0.675. The van der Waals surface area contributed by atoms with Gasteiger partial charge in [0.2, 0.25) is 21.7 Å². The first-order chi connectivity index (χ1) is 24.1. The molecule has 12 heteroatoms. The van der Waals surface area contributed by atoms with Gasteiger partial charge in [0, 0.05) is 44.4 Å². The van der Waals surface area contributed by atoms with Crippen molar-refractivity contribution in [1.29, 1.82) is 0 Å². The van der Waals surface area contributed by atoms with E-state index in [2.05, 4.69) is 31.1 Å². The minimum Gasteiger partial charge on any atom is -0.334 e. The molecule has 2 saturated carbocycles. The molecule has 11 nitrogen and oxygen atoms in total. The topological polar surface area (TPSA) is 150 Å². The second kappa shape index (κ2) is 14.5. The molecule has 2 N–H and O–H groups in total. The molecule has 6 atom stereocenters. The summed E-state index contributed by atoms with van der Waals surface area (Å²) in [7, 11) is -3.73. The highest BCUT2D eigenvalue weighted by atomic mass is 32.2. The molecular formula is C40H58N4O7S. The van der Waals surface area contributed by atoms with E-state index in [9.17, 15) is 32.4 Å². The fourth-order valence-corrected chi connectivity index (χ4v) is 9.86. The molecule has 1 saturated heterocycles. The van der Waals surface area contributed by atoms with Crippen LogP contribution in [0.15, 0.2) is 41.8 Å². The van der Waals surface area contributed by atoms with Crippen molar-refractivity contribution in [2.75, 3.05) is 13.1 Å². The molecule has 2 aliphatic carbocycles. The molecule has 1 unspecified atom stereocenters. The number of sulfonamides is 1. The highest BCUT2D eigenvalue weighted by molar-refractivity contribution is 7.89. The maximum absolute atomic E-state index is 14.5. The Balaban J connectivity index is 1.32. The minimum absolute atomic E-state index is 0.0417. The molecule has 2 aliphatic heterocycles. The largest absolute Gasteiger partial charge is 0.334 e. The number of ketones is 3. The molecular weight excluding hydrogens is 681 g/mol. The Morgan fingerprint density at radius 3 is 2.23 bits per heavy atom. The molecule has 52 heavy (non-hydrogen) atoms. The number of hydrogen-bond acceptors (Lipinski definition) is 7. The average molecular weight is 739 g/mol. The molecule has 3 fully saturated rings. The summed E-state index contributed by atoms with van der Waals surface area (Å²) >= 11 is 0. The van der Waals surface area contributed by atoms with Crippen LogP contribution in [0, 0.1) is 39.9 Å². The lowest BCUT2D eigenvalue weighted by atomic mass is 9.83. The van der Waals surface area contributed by atoms with Gasteiger partial charge >= 0.3 is 6.03 Å². The third-order valence-corrected chi connectivity index (χ3v) is 13.8. The highest BCUT2D eigenvalue weighted by Gasteiger charge is 2.69. The van der Waals surface area contributed by atoms with Crippen LogP contribution in [0.1, 0.15) is 99.5 Å². The van der Waals surface area contributed by atoms with Gasteiger partial charge in [-0.15, -0.1) is 6.58 Å². The Labute approximate surface area is 309 Å². The van der Waals surface area contributed by atoms with E-state index in [0.717, 1.165) is 12.8 Å². The summed E-state index contributed by atoms with van der Waals surface area (Å²) in [4.78, 5) is 70.5. The Morgan fingerprint density at radius 1 is 1.00 bits per heavy atom. The molecule has 1 aromatic rings. The minimum atomic E-state index is -3.73. The first-order valence-electron chi connectivity index (χ1n) is 18.7. The van der Waals surface area contributed by atoms with Crippen LogP contribution in [0.2, 0.25) is 0 Å². The van der Waals surface area contributed by atoms with E-state index in [1.807, 2.05) is 41.5 Å². The molecule has 5 rings (SSSR count). The number of piperidine rings is 1. The summed E-state index contributed by atoms with van der Waals surface area (Å²) in [5, 5.41) is 5.89. The van der Waals surface area contributed by atoms with Crippen molar-refractivity contribution in [3.8, 4) is 0 Å². The van der Waals surface area contributed by atoms with Crippen molar-refractivity contribution in [2.24, 2.45) is 39.9 Å². The quantitative estimate of drug-likeness (QED) is 0.184. The van der Waals surface area contributed by atoms with Crippen LogP contribution < -0.4 is 10.6 Å². The van der Waals surface area contributed by atoms with Gasteiger partial charge in [-0.3, -0.25) is 19.2 Å². The molecule has 0 spiro atoms. The summed E-state index contributed by atoms with van der Waals surface area (Å²) in [5.41, 5.74) is -0.742. The number of benzene rings is 1.